The molecule has 0 N–H and O–H groups in total. The van der Waals surface area contributed by atoms with E-state index in [-0.39, 0.29) is 58.5 Å². The van der Waals surface area contributed by atoms with Gasteiger partial charge < -0.3 is 13.8 Å². The molecule has 3 aromatic heterocycles. The van der Waals surface area contributed by atoms with Crippen molar-refractivity contribution in [1.82, 2.24) is 29.1 Å². The van der Waals surface area contributed by atoms with Gasteiger partial charge in [-0.1, -0.05) is 0 Å². The van der Waals surface area contributed by atoms with Crippen LogP contribution in [-0.4, -0.2) is 36.2 Å². The third-order valence-corrected chi connectivity index (χ3v) is 2.28. The van der Waals surface area contributed by atoms with Crippen molar-refractivity contribution in [2.75, 3.05) is 0 Å². The second-order valence-corrected chi connectivity index (χ2v) is 3.30. The number of hydrogen-bond acceptors (Lipinski definition) is 3. The molecule has 0 aliphatic carbocycles. The van der Waals surface area contributed by atoms with Crippen molar-refractivity contribution < 1.29 is 51.4 Å². The van der Waals surface area contributed by atoms with Crippen molar-refractivity contribution in [2.45, 2.75) is 0 Å². The van der Waals surface area contributed by atoms with Gasteiger partial charge in [0.25, 0.3) is 7.12 Å². The number of rotatable bonds is 3. The van der Waals surface area contributed by atoms with Crippen LogP contribution in [0.1, 0.15) is 0 Å². The standard InChI is InChI=1S/C9H9BN6.K/c1-4-11-14(7-1)10(15-8-2-5-12-15)16-9-3-6-13-16;/h1-9H;/q-1;+1. The normalized spacial score (nSPS) is 10.4. The molecule has 3 rings (SSSR count). The molecule has 17 heavy (non-hydrogen) atoms. The molecular weight excluding hydrogens is 242 g/mol. The van der Waals surface area contributed by atoms with E-state index in [2.05, 4.69) is 15.3 Å². The maximum atomic E-state index is 4.22. The minimum atomic E-state index is -0.194. The van der Waals surface area contributed by atoms with Gasteiger partial charge >= 0.3 is 51.4 Å². The van der Waals surface area contributed by atoms with Crippen LogP contribution in [0, 0.1) is 0 Å². The zero-order chi connectivity index (χ0) is 10.8. The Morgan fingerprint density at radius 1 is 0.647 bits per heavy atom. The first kappa shape index (κ1) is 12.8. The molecule has 0 spiro atoms. The summed E-state index contributed by atoms with van der Waals surface area (Å²) < 4.78 is 5.38. The van der Waals surface area contributed by atoms with Gasteiger partial charge in [-0.25, -0.2) is 15.3 Å². The molecule has 0 aliphatic rings. The van der Waals surface area contributed by atoms with Gasteiger partial charge in [0.15, 0.2) is 0 Å². The van der Waals surface area contributed by atoms with E-state index in [0.717, 1.165) is 0 Å². The largest absolute Gasteiger partial charge is 1.00 e. The van der Waals surface area contributed by atoms with Crippen LogP contribution in [0.5, 0.6) is 0 Å². The van der Waals surface area contributed by atoms with Gasteiger partial charge in [0.05, 0.1) is 0 Å². The predicted octanol–water partition coefficient (Wildman–Crippen LogP) is -2.79. The summed E-state index contributed by atoms with van der Waals surface area (Å²) in [6, 6.07) is 5.62. The van der Waals surface area contributed by atoms with Gasteiger partial charge in [-0.2, -0.15) is 0 Å². The van der Waals surface area contributed by atoms with Crippen LogP contribution in [0.4, 0.5) is 0 Å². The Morgan fingerprint density at radius 3 is 1.24 bits per heavy atom. The maximum Gasteiger partial charge on any atom is 1.00 e. The molecule has 0 saturated carbocycles. The molecule has 0 aliphatic heterocycles. The molecule has 79 valence electrons. The fourth-order valence-corrected chi connectivity index (χ4v) is 1.62. The summed E-state index contributed by atoms with van der Waals surface area (Å²) in [5.74, 6) is 0. The van der Waals surface area contributed by atoms with E-state index in [1.165, 1.54) is 0 Å². The SMILES string of the molecule is [K+].c1cnn([B-](n2cccn2)n2cccn2)c1. The first-order valence-electron chi connectivity index (χ1n) is 4.92. The molecule has 6 nitrogen and oxygen atoms in total. The van der Waals surface area contributed by atoms with Gasteiger partial charge in [-0.15, -0.1) is 0 Å². The van der Waals surface area contributed by atoms with Crippen molar-refractivity contribution in [2.24, 2.45) is 0 Å². The summed E-state index contributed by atoms with van der Waals surface area (Å²) in [6.45, 7) is 0. The Balaban J connectivity index is 0.00000108. The minimum Gasteiger partial charge on any atom is -0.425 e. The van der Waals surface area contributed by atoms with Crippen LogP contribution in [-0.2, 0) is 0 Å². The summed E-state index contributed by atoms with van der Waals surface area (Å²) in [7, 11) is -0.194. The molecule has 0 unspecified atom stereocenters. The third-order valence-electron chi connectivity index (χ3n) is 2.28. The van der Waals surface area contributed by atoms with E-state index in [9.17, 15) is 0 Å². The van der Waals surface area contributed by atoms with Crippen molar-refractivity contribution in [3.63, 3.8) is 0 Å². The van der Waals surface area contributed by atoms with Crippen LogP contribution in [0.3, 0.4) is 0 Å². The zero-order valence-corrected chi connectivity index (χ0v) is 12.6. The van der Waals surface area contributed by atoms with Crippen LogP contribution >= 0.6 is 0 Å². The molecule has 0 aromatic carbocycles. The second kappa shape index (κ2) is 5.78. The fourth-order valence-electron chi connectivity index (χ4n) is 1.62. The molecule has 8 heteroatoms. The monoisotopic (exact) mass is 251 g/mol. The molecule has 0 saturated heterocycles. The van der Waals surface area contributed by atoms with E-state index < -0.39 is 0 Å². The number of aromatic nitrogens is 6. The first-order valence-corrected chi connectivity index (χ1v) is 4.92. The van der Waals surface area contributed by atoms with Crippen LogP contribution in [0.2, 0.25) is 0 Å². The topological polar surface area (TPSA) is 53.5 Å². The molecule has 1 radical (unpaired) electrons. The Hall–Kier alpha value is -0.669. The Labute approximate surface area is 141 Å². The van der Waals surface area contributed by atoms with Crippen molar-refractivity contribution in [3.05, 3.63) is 55.4 Å². The van der Waals surface area contributed by atoms with Crippen LogP contribution < -0.4 is 51.4 Å². The van der Waals surface area contributed by atoms with Gasteiger partial charge in [0, 0.05) is 18.6 Å². The average Bonchev–Trinajstić information content (AvgIpc) is 3.02. The van der Waals surface area contributed by atoms with E-state index in [1.807, 2.05) is 36.8 Å². The summed E-state index contributed by atoms with van der Waals surface area (Å²) in [5.41, 5.74) is 0. The Kier molecular flexibility index (Phi) is 4.35. The molecular formula is C9H9BKN6. The van der Waals surface area contributed by atoms with Crippen molar-refractivity contribution in [3.8, 4) is 0 Å². The van der Waals surface area contributed by atoms with Gasteiger partial charge in [-0.05, 0) is 36.8 Å². The number of nitrogens with zero attached hydrogens (tertiary/aromatic N) is 6. The predicted molar refractivity (Wildman–Crippen MR) is 58.6 cm³/mol. The zero-order valence-electron chi connectivity index (χ0n) is 9.46. The maximum absolute atomic E-state index is 4.22. The smallest absolute Gasteiger partial charge is 0.425 e. The van der Waals surface area contributed by atoms with Crippen LogP contribution in [0.15, 0.2) is 55.4 Å². The molecule has 0 bridgehead atoms. The molecule has 0 atom stereocenters. The molecule has 3 heterocycles. The van der Waals surface area contributed by atoms with E-state index in [0.29, 0.717) is 0 Å². The summed E-state index contributed by atoms with van der Waals surface area (Å²) >= 11 is 0. The molecule has 0 fully saturated rings. The minimum absolute atomic E-state index is 0. The second-order valence-electron chi connectivity index (χ2n) is 3.30. The molecule has 3 aromatic rings. The first-order chi connectivity index (χ1) is 7.95. The Morgan fingerprint density at radius 2 is 1.00 bits per heavy atom. The third kappa shape index (κ3) is 2.61. The summed E-state index contributed by atoms with van der Waals surface area (Å²) in [5, 5.41) is 12.7. The van der Waals surface area contributed by atoms with E-state index in [4.69, 9.17) is 0 Å². The van der Waals surface area contributed by atoms with E-state index in [1.54, 1.807) is 32.4 Å². The van der Waals surface area contributed by atoms with Gasteiger partial charge in [0.1, 0.15) is 0 Å². The number of hydrogen-bond donors (Lipinski definition) is 0. The van der Waals surface area contributed by atoms with Gasteiger partial charge in [-0.3, -0.25) is 0 Å². The average molecular weight is 251 g/mol. The van der Waals surface area contributed by atoms with Crippen molar-refractivity contribution >= 4 is 7.12 Å². The fraction of sp³-hybridized carbons (Fsp3) is 0. The van der Waals surface area contributed by atoms with Crippen LogP contribution in [0.25, 0.3) is 0 Å². The van der Waals surface area contributed by atoms with E-state index >= 15 is 0 Å². The summed E-state index contributed by atoms with van der Waals surface area (Å²) in [4.78, 5) is 0. The Bertz CT molecular complexity index is 451. The van der Waals surface area contributed by atoms with Gasteiger partial charge in [0.2, 0.25) is 0 Å². The molecule has 0 amide bonds. The summed E-state index contributed by atoms with van der Waals surface area (Å²) in [6.07, 6.45) is 10.9. The quantitative estimate of drug-likeness (QED) is 0.473. The van der Waals surface area contributed by atoms with Crippen molar-refractivity contribution in [1.29, 1.82) is 0 Å².